The summed E-state index contributed by atoms with van der Waals surface area (Å²) in [5.41, 5.74) is 3.32. The Labute approximate surface area is 158 Å². The average molecular weight is 374 g/mol. The molecule has 26 heavy (non-hydrogen) atoms. The summed E-state index contributed by atoms with van der Waals surface area (Å²) in [6.45, 7) is 2.88. The lowest BCUT2D eigenvalue weighted by atomic mass is 10.1. The number of hydrogen-bond acceptors (Lipinski definition) is 5. The Balaban J connectivity index is 1.67. The highest BCUT2D eigenvalue weighted by molar-refractivity contribution is 8.14. The van der Waals surface area contributed by atoms with Crippen LogP contribution in [-0.2, 0) is 0 Å². The van der Waals surface area contributed by atoms with E-state index in [0.717, 1.165) is 45.3 Å². The van der Waals surface area contributed by atoms with Crippen molar-refractivity contribution in [1.82, 2.24) is 4.98 Å². The maximum absolute atomic E-state index is 9.14. The zero-order chi connectivity index (χ0) is 17.9. The van der Waals surface area contributed by atoms with Crippen LogP contribution in [0.3, 0.4) is 0 Å². The lowest BCUT2D eigenvalue weighted by Crippen LogP contribution is -2.14. The zero-order valence-electron chi connectivity index (χ0n) is 15.3. The molecule has 1 aliphatic heterocycles. The fourth-order valence-electron chi connectivity index (χ4n) is 3.85. The number of aliphatic hydroxyl groups excluding tert-OH is 1. The minimum atomic E-state index is 0.196. The first-order valence-electron chi connectivity index (χ1n) is 9.64. The first-order valence-corrected chi connectivity index (χ1v) is 10.6. The number of benzene rings is 1. The quantitative estimate of drug-likeness (QED) is 0.681. The lowest BCUT2D eigenvalue weighted by Gasteiger charge is -2.15. The summed E-state index contributed by atoms with van der Waals surface area (Å²) in [7, 11) is 0. The Morgan fingerprint density at radius 2 is 2.15 bits per heavy atom. The number of ether oxygens (including phenoxy) is 1. The summed E-state index contributed by atoms with van der Waals surface area (Å²) >= 11 is 1.77. The first-order chi connectivity index (χ1) is 12.8. The number of rotatable bonds is 7. The van der Waals surface area contributed by atoms with Gasteiger partial charge in [-0.1, -0.05) is 12.8 Å². The molecule has 1 fully saturated rings. The minimum Gasteiger partial charge on any atom is -0.494 e. The van der Waals surface area contributed by atoms with Crippen molar-refractivity contribution in [1.29, 1.82) is 0 Å². The van der Waals surface area contributed by atoms with E-state index >= 15 is 0 Å². The van der Waals surface area contributed by atoms with E-state index in [1.807, 2.05) is 6.92 Å². The summed E-state index contributed by atoms with van der Waals surface area (Å²) in [4.78, 5) is 8.35. The number of nitrogens with one attached hydrogen (secondary N) is 2. The predicted octanol–water partition coefficient (Wildman–Crippen LogP) is 4.17. The van der Waals surface area contributed by atoms with Crippen LogP contribution in [0.25, 0.3) is 10.9 Å². The van der Waals surface area contributed by atoms with Crippen LogP contribution in [0, 0.1) is 0 Å². The van der Waals surface area contributed by atoms with Crippen molar-refractivity contribution < 1.29 is 9.84 Å². The van der Waals surface area contributed by atoms with Crippen molar-refractivity contribution in [2.45, 2.75) is 51.1 Å². The molecular formula is C20H27N3O2S. The number of aromatic amines is 1. The van der Waals surface area contributed by atoms with Crippen molar-refractivity contribution in [2.24, 2.45) is 4.99 Å². The standard InChI is InChI=1S/C20H27N3O2S/c1-2-25-16-9-13-10-18(20-22-15(7-8-24)12-26-20)23-19(13)17(11-16)21-14-5-3-4-6-14/h9-11,14-15,21,23-24H,2-8,12H2,1H3. The number of H-pyrrole nitrogens is 1. The minimum absolute atomic E-state index is 0.196. The molecule has 0 bridgehead atoms. The summed E-state index contributed by atoms with van der Waals surface area (Å²) in [5, 5.41) is 15.1. The average Bonchev–Trinajstić information content (AvgIpc) is 3.35. The summed E-state index contributed by atoms with van der Waals surface area (Å²) in [6, 6.07) is 7.16. The fraction of sp³-hybridized carbons (Fsp3) is 0.550. The van der Waals surface area contributed by atoms with E-state index in [4.69, 9.17) is 14.8 Å². The molecule has 6 heteroatoms. The molecule has 1 aromatic heterocycles. The van der Waals surface area contributed by atoms with E-state index < -0.39 is 0 Å². The van der Waals surface area contributed by atoms with Gasteiger partial charge in [0.2, 0.25) is 0 Å². The summed E-state index contributed by atoms with van der Waals surface area (Å²) < 4.78 is 5.79. The maximum Gasteiger partial charge on any atom is 0.122 e. The first kappa shape index (κ1) is 17.7. The van der Waals surface area contributed by atoms with E-state index in [9.17, 15) is 0 Å². The highest BCUT2D eigenvalue weighted by Gasteiger charge is 2.22. The van der Waals surface area contributed by atoms with Crippen LogP contribution in [0.15, 0.2) is 23.2 Å². The highest BCUT2D eigenvalue weighted by Crippen LogP contribution is 2.34. The molecule has 0 radical (unpaired) electrons. The molecule has 1 aliphatic carbocycles. The van der Waals surface area contributed by atoms with Crippen molar-refractivity contribution >= 4 is 33.4 Å². The molecule has 1 unspecified atom stereocenters. The fourth-order valence-corrected chi connectivity index (χ4v) is 4.93. The number of fused-ring (bicyclic) bond motifs is 1. The van der Waals surface area contributed by atoms with Crippen LogP contribution >= 0.6 is 11.8 Å². The Morgan fingerprint density at radius 3 is 2.92 bits per heavy atom. The van der Waals surface area contributed by atoms with Crippen LogP contribution in [-0.4, -0.2) is 46.2 Å². The van der Waals surface area contributed by atoms with Gasteiger partial charge in [0.05, 0.1) is 29.5 Å². The van der Waals surface area contributed by atoms with Gasteiger partial charge in [-0.3, -0.25) is 4.99 Å². The molecule has 2 aliphatic rings. The lowest BCUT2D eigenvalue weighted by molar-refractivity contribution is 0.280. The molecule has 1 aromatic carbocycles. The van der Waals surface area contributed by atoms with Gasteiger partial charge < -0.3 is 20.1 Å². The van der Waals surface area contributed by atoms with Gasteiger partial charge in [-0.05, 0) is 38.3 Å². The SMILES string of the molecule is CCOc1cc(NC2CCCC2)c2[nH]c(C3=NC(CCO)CS3)cc2c1. The van der Waals surface area contributed by atoms with Crippen LogP contribution in [0.1, 0.15) is 44.7 Å². The summed E-state index contributed by atoms with van der Waals surface area (Å²) in [6.07, 6.45) is 5.82. The van der Waals surface area contributed by atoms with Crippen molar-refractivity contribution in [3.8, 4) is 5.75 Å². The third kappa shape index (κ3) is 3.71. The second-order valence-electron chi connectivity index (χ2n) is 7.09. The highest BCUT2D eigenvalue weighted by atomic mass is 32.2. The molecule has 0 amide bonds. The van der Waals surface area contributed by atoms with Crippen LogP contribution in [0.5, 0.6) is 5.75 Å². The van der Waals surface area contributed by atoms with Gasteiger partial charge in [0.25, 0.3) is 0 Å². The van der Waals surface area contributed by atoms with Crippen molar-refractivity contribution in [3.63, 3.8) is 0 Å². The number of aromatic nitrogens is 1. The summed E-state index contributed by atoms with van der Waals surface area (Å²) in [5.74, 6) is 1.85. The molecule has 0 saturated heterocycles. The van der Waals surface area contributed by atoms with Crippen LogP contribution in [0.4, 0.5) is 5.69 Å². The van der Waals surface area contributed by atoms with Gasteiger partial charge >= 0.3 is 0 Å². The third-order valence-corrected chi connectivity index (χ3v) is 6.28. The van der Waals surface area contributed by atoms with Gasteiger partial charge in [-0.2, -0.15) is 0 Å². The second-order valence-corrected chi connectivity index (χ2v) is 8.10. The third-order valence-electron chi connectivity index (χ3n) is 5.13. The topological polar surface area (TPSA) is 69.6 Å². The maximum atomic E-state index is 9.14. The van der Waals surface area contributed by atoms with Gasteiger partial charge in [-0.25, -0.2) is 0 Å². The Hall–Kier alpha value is -1.66. The van der Waals surface area contributed by atoms with Crippen molar-refractivity contribution in [3.05, 3.63) is 23.9 Å². The molecule has 4 rings (SSSR count). The Morgan fingerprint density at radius 1 is 1.31 bits per heavy atom. The molecular weight excluding hydrogens is 346 g/mol. The second kappa shape index (κ2) is 7.92. The molecule has 3 N–H and O–H groups in total. The number of anilines is 1. The van der Waals surface area contributed by atoms with E-state index in [1.165, 1.54) is 25.7 Å². The monoisotopic (exact) mass is 373 g/mol. The number of nitrogens with zero attached hydrogens (tertiary/aromatic N) is 1. The predicted molar refractivity (Wildman–Crippen MR) is 110 cm³/mol. The van der Waals surface area contributed by atoms with Gasteiger partial charge in [0.1, 0.15) is 10.8 Å². The molecule has 2 heterocycles. The molecule has 0 spiro atoms. The molecule has 140 valence electrons. The molecule has 1 saturated carbocycles. The number of thioether (sulfide) groups is 1. The molecule has 2 aromatic rings. The van der Waals surface area contributed by atoms with Crippen molar-refractivity contribution in [2.75, 3.05) is 24.3 Å². The number of aliphatic imine (C=N–C) groups is 1. The van der Waals surface area contributed by atoms with E-state index in [0.29, 0.717) is 12.6 Å². The normalized spacial score (nSPS) is 20.7. The Bertz CT molecular complexity index is 796. The van der Waals surface area contributed by atoms with Crippen LogP contribution < -0.4 is 10.1 Å². The van der Waals surface area contributed by atoms with Crippen LogP contribution in [0.2, 0.25) is 0 Å². The van der Waals surface area contributed by atoms with Gasteiger partial charge in [0.15, 0.2) is 0 Å². The zero-order valence-corrected chi connectivity index (χ0v) is 16.1. The van der Waals surface area contributed by atoms with E-state index in [-0.39, 0.29) is 12.6 Å². The van der Waals surface area contributed by atoms with Gasteiger partial charge in [-0.15, -0.1) is 11.8 Å². The van der Waals surface area contributed by atoms with E-state index in [1.54, 1.807) is 11.8 Å². The smallest absolute Gasteiger partial charge is 0.122 e. The van der Waals surface area contributed by atoms with Gasteiger partial charge in [0, 0.05) is 29.9 Å². The largest absolute Gasteiger partial charge is 0.494 e. The van der Waals surface area contributed by atoms with E-state index in [2.05, 4.69) is 28.5 Å². The number of aliphatic hydroxyl groups is 1. The molecule has 1 atom stereocenters. The molecule has 5 nitrogen and oxygen atoms in total. The number of hydrogen-bond donors (Lipinski definition) is 3. The Kier molecular flexibility index (Phi) is 5.41.